The Labute approximate surface area is 135 Å². The highest BCUT2D eigenvalue weighted by Crippen LogP contribution is 2.23. The van der Waals surface area contributed by atoms with Gasteiger partial charge in [0.25, 0.3) is 5.91 Å². The number of halogens is 2. The summed E-state index contributed by atoms with van der Waals surface area (Å²) in [6.07, 6.45) is 4.94. The highest BCUT2D eigenvalue weighted by molar-refractivity contribution is 6.33. The predicted octanol–water partition coefficient (Wildman–Crippen LogP) is 3.09. The van der Waals surface area contributed by atoms with Crippen molar-refractivity contribution in [2.75, 3.05) is 26.2 Å². The van der Waals surface area contributed by atoms with Crippen molar-refractivity contribution < 1.29 is 4.79 Å². The molecule has 1 amide bonds. The molecular formula is C15H19Cl2N3O. The standard InChI is InChI=1S/C15H19Cl2N3O/c16-13-8-11(9-14(17)18-13)15(21)20-7-4-12(10-20)19-5-2-1-3-6-19/h8-9,12H,1-7,10H2. The molecule has 2 aliphatic heterocycles. The highest BCUT2D eigenvalue weighted by atomic mass is 35.5. The Kier molecular flexibility index (Phi) is 4.67. The van der Waals surface area contributed by atoms with Crippen molar-refractivity contribution in [3.05, 3.63) is 28.0 Å². The van der Waals surface area contributed by atoms with Gasteiger partial charge in [0.15, 0.2) is 0 Å². The molecule has 1 aromatic rings. The van der Waals surface area contributed by atoms with E-state index in [1.54, 1.807) is 12.1 Å². The van der Waals surface area contributed by atoms with Crippen molar-refractivity contribution >= 4 is 29.1 Å². The fourth-order valence-corrected chi connectivity index (χ4v) is 3.74. The third-order valence-electron chi connectivity index (χ3n) is 4.37. The Morgan fingerprint density at radius 3 is 2.43 bits per heavy atom. The number of carbonyl (C=O) groups excluding carboxylic acids is 1. The van der Waals surface area contributed by atoms with Crippen LogP contribution in [-0.4, -0.2) is 52.9 Å². The van der Waals surface area contributed by atoms with E-state index in [1.807, 2.05) is 4.90 Å². The first kappa shape index (κ1) is 15.1. The summed E-state index contributed by atoms with van der Waals surface area (Å²) in [6, 6.07) is 3.68. The van der Waals surface area contributed by atoms with Crippen LogP contribution in [0.5, 0.6) is 0 Å². The van der Waals surface area contributed by atoms with E-state index in [9.17, 15) is 4.79 Å². The van der Waals surface area contributed by atoms with E-state index in [-0.39, 0.29) is 16.2 Å². The predicted molar refractivity (Wildman–Crippen MR) is 84.0 cm³/mol. The minimum absolute atomic E-state index is 0.000657. The van der Waals surface area contributed by atoms with Crippen LogP contribution < -0.4 is 0 Å². The van der Waals surface area contributed by atoms with Crippen molar-refractivity contribution in [3.63, 3.8) is 0 Å². The van der Waals surface area contributed by atoms with Gasteiger partial charge in [-0.3, -0.25) is 9.69 Å². The largest absolute Gasteiger partial charge is 0.337 e. The topological polar surface area (TPSA) is 36.4 Å². The summed E-state index contributed by atoms with van der Waals surface area (Å²) in [6.45, 7) is 3.94. The molecule has 2 saturated heterocycles. The number of amides is 1. The van der Waals surface area contributed by atoms with Crippen LogP contribution in [0.1, 0.15) is 36.0 Å². The molecule has 0 aliphatic carbocycles. The molecule has 114 valence electrons. The number of hydrogen-bond acceptors (Lipinski definition) is 3. The molecule has 0 N–H and O–H groups in total. The first-order chi connectivity index (χ1) is 10.1. The lowest BCUT2D eigenvalue weighted by molar-refractivity contribution is 0.0771. The Balaban J connectivity index is 1.66. The lowest BCUT2D eigenvalue weighted by Gasteiger charge is -2.32. The summed E-state index contributed by atoms with van der Waals surface area (Å²) in [7, 11) is 0. The van der Waals surface area contributed by atoms with E-state index in [0.29, 0.717) is 11.6 Å². The number of hydrogen-bond donors (Lipinski definition) is 0. The number of piperidine rings is 1. The van der Waals surface area contributed by atoms with Crippen molar-refractivity contribution in [2.45, 2.75) is 31.7 Å². The molecule has 0 bridgehead atoms. The maximum Gasteiger partial charge on any atom is 0.254 e. The van der Waals surface area contributed by atoms with Crippen LogP contribution in [0.2, 0.25) is 10.3 Å². The molecule has 6 heteroatoms. The van der Waals surface area contributed by atoms with E-state index >= 15 is 0 Å². The monoisotopic (exact) mass is 327 g/mol. The van der Waals surface area contributed by atoms with Crippen LogP contribution in [-0.2, 0) is 0 Å². The van der Waals surface area contributed by atoms with Crippen LogP contribution in [0.25, 0.3) is 0 Å². The van der Waals surface area contributed by atoms with Gasteiger partial charge < -0.3 is 4.90 Å². The third-order valence-corrected chi connectivity index (χ3v) is 4.75. The van der Waals surface area contributed by atoms with Gasteiger partial charge >= 0.3 is 0 Å². The number of likely N-dealkylation sites (tertiary alicyclic amines) is 2. The fraction of sp³-hybridized carbons (Fsp3) is 0.600. The summed E-state index contributed by atoms with van der Waals surface area (Å²) in [5.74, 6) is 0.000657. The van der Waals surface area contributed by atoms with Gasteiger partial charge in [-0.25, -0.2) is 4.98 Å². The molecule has 1 unspecified atom stereocenters. The molecule has 2 aliphatic rings. The maximum absolute atomic E-state index is 12.5. The van der Waals surface area contributed by atoms with Crippen molar-refractivity contribution in [1.29, 1.82) is 0 Å². The zero-order valence-corrected chi connectivity index (χ0v) is 13.4. The van der Waals surface area contributed by atoms with Gasteiger partial charge in [0, 0.05) is 24.7 Å². The summed E-state index contributed by atoms with van der Waals surface area (Å²) >= 11 is 11.8. The minimum atomic E-state index is 0.000657. The van der Waals surface area contributed by atoms with Gasteiger partial charge in [0.05, 0.1) is 0 Å². The Hall–Kier alpha value is -0.840. The molecule has 4 nitrogen and oxygen atoms in total. The zero-order valence-electron chi connectivity index (χ0n) is 11.9. The maximum atomic E-state index is 12.5. The normalized spacial score (nSPS) is 23.5. The van der Waals surface area contributed by atoms with Crippen LogP contribution in [0.3, 0.4) is 0 Å². The first-order valence-electron chi connectivity index (χ1n) is 7.50. The lowest BCUT2D eigenvalue weighted by atomic mass is 10.1. The molecule has 2 fully saturated rings. The average Bonchev–Trinajstić information content (AvgIpc) is 2.96. The van der Waals surface area contributed by atoms with Gasteiger partial charge in [-0.2, -0.15) is 0 Å². The number of pyridine rings is 1. The fourth-order valence-electron chi connectivity index (χ4n) is 3.28. The van der Waals surface area contributed by atoms with E-state index in [1.165, 1.54) is 32.4 Å². The second kappa shape index (κ2) is 6.51. The quantitative estimate of drug-likeness (QED) is 0.783. The average molecular weight is 328 g/mol. The van der Waals surface area contributed by atoms with Crippen LogP contribution in [0.4, 0.5) is 0 Å². The molecule has 3 heterocycles. The van der Waals surface area contributed by atoms with Crippen molar-refractivity contribution in [1.82, 2.24) is 14.8 Å². The van der Waals surface area contributed by atoms with Crippen molar-refractivity contribution in [3.8, 4) is 0 Å². The Bertz CT molecular complexity index is 511. The minimum Gasteiger partial charge on any atom is -0.337 e. The van der Waals surface area contributed by atoms with E-state index in [4.69, 9.17) is 23.2 Å². The van der Waals surface area contributed by atoms with Crippen LogP contribution in [0.15, 0.2) is 12.1 Å². The summed E-state index contributed by atoms with van der Waals surface area (Å²) in [5, 5.41) is 0.523. The molecule has 0 radical (unpaired) electrons. The summed E-state index contributed by atoms with van der Waals surface area (Å²) in [4.78, 5) is 20.9. The molecule has 0 spiro atoms. The summed E-state index contributed by atoms with van der Waals surface area (Å²) in [5.41, 5.74) is 0.527. The van der Waals surface area contributed by atoms with Gasteiger partial charge in [-0.05, 0) is 44.5 Å². The van der Waals surface area contributed by atoms with Gasteiger partial charge in [0.1, 0.15) is 10.3 Å². The van der Waals surface area contributed by atoms with Gasteiger partial charge in [-0.15, -0.1) is 0 Å². The molecule has 1 aromatic heterocycles. The molecule has 1 atom stereocenters. The van der Waals surface area contributed by atoms with E-state index < -0.39 is 0 Å². The third kappa shape index (κ3) is 3.50. The molecule has 0 aromatic carbocycles. The molecule has 0 saturated carbocycles. The summed E-state index contributed by atoms with van der Waals surface area (Å²) < 4.78 is 0. The lowest BCUT2D eigenvalue weighted by Crippen LogP contribution is -2.41. The van der Waals surface area contributed by atoms with Gasteiger partial charge in [-0.1, -0.05) is 29.6 Å². The number of carbonyl (C=O) groups is 1. The van der Waals surface area contributed by atoms with E-state index in [2.05, 4.69) is 9.88 Å². The SMILES string of the molecule is O=C(c1cc(Cl)nc(Cl)c1)N1CCC(N2CCCCC2)C1. The zero-order chi connectivity index (χ0) is 14.8. The number of rotatable bonds is 2. The van der Waals surface area contributed by atoms with Crippen LogP contribution in [0, 0.1) is 0 Å². The Morgan fingerprint density at radius 2 is 1.76 bits per heavy atom. The molecular weight excluding hydrogens is 309 g/mol. The van der Waals surface area contributed by atoms with E-state index in [0.717, 1.165) is 19.5 Å². The second-order valence-electron chi connectivity index (χ2n) is 5.79. The highest BCUT2D eigenvalue weighted by Gasteiger charge is 2.31. The number of nitrogens with zero attached hydrogens (tertiary/aromatic N) is 3. The second-order valence-corrected chi connectivity index (χ2v) is 6.57. The molecule has 21 heavy (non-hydrogen) atoms. The molecule has 3 rings (SSSR count). The number of aromatic nitrogens is 1. The smallest absolute Gasteiger partial charge is 0.254 e. The van der Waals surface area contributed by atoms with Gasteiger partial charge in [0.2, 0.25) is 0 Å². The van der Waals surface area contributed by atoms with Crippen LogP contribution >= 0.6 is 23.2 Å². The Morgan fingerprint density at radius 1 is 1.10 bits per heavy atom. The van der Waals surface area contributed by atoms with Crippen molar-refractivity contribution in [2.24, 2.45) is 0 Å². The first-order valence-corrected chi connectivity index (χ1v) is 8.25.